The topological polar surface area (TPSA) is 55.8 Å². The minimum Gasteiger partial charge on any atom is -0.410 e. The molecule has 1 fully saturated rings. The summed E-state index contributed by atoms with van der Waals surface area (Å²) in [7, 11) is -6.06. The molecule has 1 aliphatic rings. The Morgan fingerprint density at radius 1 is 0.783 bits per heavy atom. The van der Waals surface area contributed by atoms with Gasteiger partial charge in [-0.3, -0.25) is 9.08 Å². The molecule has 0 radical (unpaired) electrons. The molecule has 242 valence electrons. The van der Waals surface area contributed by atoms with Crippen molar-refractivity contribution in [2.45, 2.75) is 68.8 Å². The van der Waals surface area contributed by atoms with E-state index in [2.05, 4.69) is 130 Å². The van der Waals surface area contributed by atoms with E-state index in [0.29, 0.717) is 6.54 Å². The molecule has 0 N–H and O–H groups in total. The number of likely N-dealkylation sites (tertiary alicyclic amines) is 1. The van der Waals surface area contributed by atoms with Crippen LogP contribution in [0.4, 0.5) is 0 Å². The molecule has 5 nitrogen and oxygen atoms in total. The molecule has 1 heterocycles. The smallest absolute Gasteiger partial charge is 0.297 e. The Morgan fingerprint density at radius 3 is 1.72 bits per heavy atom. The minimum atomic E-state index is -3.91. The summed E-state index contributed by atoms with van der Waals surface area (Å²) in [5.74, 6) is 0. The molecule has 1 unspecified atom stereocenters. The lowest BCUT2D eigenvalue weighted by molar-refractivity contribution is 0.0897. The van der Waals surface area contributed by atoms with Crippen LogP contribution in [0.15, 0.2) is 132 Å². The maximum atomic E-state index is 13.1. The Kier molecular flexibility index (Phi) is 10.2. The molecule has 46 heavy (non-hydrogen) atoms. The third-order valence-corrected chi connectivity index (χ3v) is 15.4. The van der Waals surface area contributed by atoms with E-state index in [0.717, 1.165) is 24.1 Å². The number of nitrogens with zero attached hydrogens (tertiary/aromatic N) is 1. The molecule has 1 saturated heterocycles. The number of hydrogen-bond donors (Lipinski definition) is 0. The third kappa shape index (κ3) is 7.14. The lowest BCUT2D eigenvalue weighted by Crippen LogP contribution is -2.55. The lowest BCUT2D eigenvalue weighted by atomic mass is 9.74. The van der Waals surface area contributed by atoms with E-state index in [4.69, 9.17) is 8.61 Å². The van der Waals surface area contributed by atoms with Crippen LogP contribution in [0.1, 0.15) is 49.4 Å². The minimum absolute atomic E-state index is 0.0302. The van der Waals surface area contributed by atoms with Crippen molar-refractivity contribution in [3.63, 3.8) is 0 Å². The maximum absolute atomic E-state index is 13.1. The summed E-state index contributed by atoms with van der Waals surface area (Å²) in [6.07, 6.45) is 2.58. The van der Waals surface area contributed by atoms with Crippen LogP contribution in [0.3, 0.4) is 0 Å². The first kappa shape index (κ1) is 34.0. The summed E-state index contributed by atoms with van der Waals surface area (Å²) in [4.78, 5) is 2.69. The predicted molar refractivity (Wildman–Crippen MR) is 190 cm³/mol. The Balaban J connectivity index is 1.58. The number of benzene rings is 4. The van der Waals surface area contributed by atoms with Crippen LogP contribution in [-0.4, -0.2) is 47.4 Å². The van der Waals surface area contributed by atoms with Gasteiger partial charge in [-0.2, -0.15) is 8.42 Å². The molecule has 7 heteroatoms. The Labute approximate surface area is 277 Å². The van der Waals surface area contributed by atoms with Gasteiger partial charge in [-0.15, -0.1) is 0 Å². The summed E-state index contributed by atoms with van der Waals surface area (Å²) in [5, 5.41) is 0.0302. The molecule has 5 rings (SSSR count). The van der Waals surface area contributed by atoms with Gasteiger partial charge in [0.25, 0.3) is 10.1 Å². The van der Waals surface area contributed by atoms with Crippen molar-refractivity contribution in [2.75, 3.05) is 19.7 Å². The number of piperidine rings is 1. The second-order valence-electron chi connectivity index (χ2n) is 13.7. The zero-order valence-electron chi connectivity index (χ0n) is 27.9. The zero-order chi connectivity index (χ0) is 33.0. The number of hydrogen-bond acceptors (Lipinski definition) is 5. The fraction of sp³-hybridized carbons (Fsp3) is 0.333. The van der Waals surface area contributed by atoms with Crippen LogP contribution in [0.2, 0.25) is 18.1 Å². The molecular weight excluding hydrogens is 607 g/mol. The lowest BCUT2D eigenvalue weighted by Gasteiger charge is -2.50. The summed E-state index contributed by atoms with van der Waals surface area (Å²) >= 11 is 0. The fourth-order valence-corrected chi connectivity index (χ4v) is 8.29. The first-order valence-electron chi connectivity index (χ1n) is 16.1. The number of rotatable bonds is 10. The van der Waals surface area contributed by atoms with Crippen molar-refractivity contribution >= 4 is 18.4 Å². The van der Waals surface area contributed by atoms with Gasteiger partial charge < -0.3 is 4.43 Å². The summed E-state index contributed by atoms with van der Waals surface area (Å²) in [6, 6.07) is 38.8. The number of aryl methyl sites for hydroxylation is 1. The Bertz CT molecular complexity index is 1620. The largest absolute Gasteiger partial charge is 0.410 e. The molecule has 0 spiro atoms. The van der Waals surface area contributed by atoms with Crippen molar-refractivity contribution in [1.29, 1.82) is 0 Å². The molecule has 0 bridgehead atoms. The van der Waals surface area contributed by atoms with E-state index in [9.17, 15) is 8.42 Å². The van der Waals surface area contributed by atoms with Crippen LogP contribution in [0, 0.1) is 6.92 Å². The van der Waals surface area contributed by atoms with Gasteiger partial charge in [-0.1, -0.05) is 136 Å². The Morgan fingerprint density at radius 2 is 1.26 bits per heavy atom. The second-order valence-corrected chi connectivity index (χ2v) is 20.1. The van der Waals surface area contributed by atoms with Crippen molar-refractivity contribution in [3.05, 3.63) is 149 Å². The molecule has 0 aromatic heterocycles. The van der Waals surface area contributed by atoms with E-state index in [1.54, 1.807) is 24.3 Å². The predicted octanol–water partition coefficient (Wildman–Crippen LogP) is 8.71. The van der Waals surface area contributed by atoms with Gasteiger partial charge in [0.1, 0.15) is 0 Å². The quantitative estimate of drug-likeness (QED) is 0.0742. The van der Waals surface area contributed by atoms with Crippen LogP contribution in [0.5, 0.6) is 0 Å². The monoisotopic (exact) mass is 653 g/mol. The van der Waals surface area contributed by atoms with Gasteiger partial charge in [-0.05, 0) is 65.9 Å². The van der Waals surface area contributed by atoms with Crippen molar-refractivity contribution in [2.24, 2.45) is 0 Å². The molecular formula is C39H47NO4SSi. The third-order valence-electron chi connectivity index (χ3n) is 9.62. The highest BCUT2D eigenvalue weighted by molar-refractivity contribution is 7.86. The van der Waals surface area contributed by atoms with Crippen LogP contribution < -0.4 is 0 Å². The second kappa shape index (κ2) is 13.8. The molecule has 0 amide bonds. The van der Waals surface area contributed by atoms with Crippen molar-refractivity contribution in [1.82, 2.24) is 4.90 Å². The zero-order valence-corrected chi connectivity index (χ0v) is 29.8. The SMILES string of the molecule is Cc1ccc(S(=O)(=O)OCC=C2CN(C(c3ccccc3)(c3ccccc3)c3ccccc3)CCC2O[Si](C)(C)C(C)(C)C)cc1. The molecule has 0 aliphatic carbocycles. The van der Waals surface area contributed by atoms with Crippen LogP contribution in [-0.2, 0) is 24.3 Å². The van der Waals surface area contributed by atoms with E-state index in [-0.39, 0.29) is 22.6 Å². The van der Waals surface area contributed by atoms with E-state index in [1.165, 1.54) is 16.7 Å². The van der Waals surface area contributed by atoms with Crippen molar-refractivity contribution in [3.8, 4) is 0 Å². The van der Waals surface area contributed by atoms with Crippen LogP contribution >= 0.6 is 0 Å². The van der Waals surface area contributed by atoms with Crippen molar-refractivity contribution < 1.29 is 17.0 Å². The average Bonchev–Trinajstić information content (AvgIpc) is 3.03. The van der Waals surface area contributed by atoms with Gasteiger partial charge in [-0.25, -0.2) is 0 Å². The van der Waals surface area contributed by atoms with Gasteiger partial charge in [0.15, 0.2) is 8.32 Å². The average molecular weight is 654 g/mol. The standard InChI is InChI=1S/C39H47NO4SSi/c1-31-22-24-36(25-23-31)45(41,42)43-29-27-32-30-40(28-26-37(32)44-46(5,6)38(2,3)4)39(33-16-10-7-11-17-33,34-18-12-8-13-19-34)35-20-14-9-15-21-35/h7-25,27,37H,26,28-30H2,1-6H3. The van der Waals surface area contributed by atoms with Gasteiger partial charge in [0, 0.05) is 13.1 Å². The highest BCUT2D eigenvalue weighted by atomic mass is 32.2. The van der Waals surface area contributed by atoms with Gasteiger partial charge >= 0.3 is 0 Å². The molecule has 4 aromatic rings. The van der Waals surface area contributed by atoms with E-state index < -0.39 is 24.0 Å². The molecule has 1 atom stereocenters. The normalized spacial score (nSPS) is 17.7. The van der Waals surface area contributed by atoms with Gasteiger partial charge in [0.05, 0.1) is 23.1 Å². The molecule has 4 aromatic carbocycles. The fourth-order valence-electron chi connectivity index (χ4n) is 6.10. The van der Waals surface area contributed by atoms with E-state index in [1.807, 2.05) is 13.0 Å². The summed E-state index contributed by atoms with van der Waals surface area (Å²) in [5.41, 5.74) is 4.98. The highest BCUT2D eigenvalue weighted by Crippen LogP contribution is 2.45. The Hall–Kier alpha value is -3.33. The van der Waals surface area contributed by atoms with E-state index >= 15 is 0 Å². The molecule has 0 saturated carbocycles. The summed E-state index contributed by atoms with van der Waals surface area (Å²) < 4.78 is 38.9. The highest BCUT2D eigenvalue weighted by Gasteiger charge is 2.46. The first-order valence-corrected chi connectivity index (χ1v) is 20.4. The molecule has 1 aliphatic heterocycles. The van der Waals surface area contributed by atoms with Crippen LogP contribution in [0.25, 0.3) is 0 Å². The maximum Gasteiger partial charge on any atom is 0.297 e. The summed E-state index contributed by atoms with van der Waals surface area (Å²) in [6.45, 7) is 14.5. The van der Waals surface area contributed by atoms with Gasteiger partial charge in [0.2, 0.25) is 0 Å². The first-order chi connectivity index (χ1) is 21.8.